The Labute approximate surface area is 300 Å². The summed E-state index contributed by atoms with van der Waals surface area (Å²) >= 11 is 0. The first kappa shape index (κ1) is 29.6. The van der Waals surface area contributed by atoms with Gasteiger partial charge in [0, 0.05) is 38.5 Å². The molecule has 10 aromatic rings. The summed E-state index contributed by atoms with van der Waals surface area (Å²) in [4.78, 5) is 14.2. The van der Waals surface area contributed by atoms with E-state index in [1.54, 1.807) is 0 Å². The molecule has 0 spiro atoms. The van der Waals surface area contributed by atoms with Crippen LogP contribution in [0.5, 0.6) is 0 Å². The Kier molecular flexibility index (Phi) is 6.80. The smallest absolute Gasteiger partial charge is 0.238 e. The number of aromatic nitrogens is 4. The minimum atomic E-state index is 0.430. The number of hydrogen-bond donors (Lipinski definition) is 0. The molecule has 52 heavy (non-hydrogen) atoms. The molecular formula is C47H29N5. The van der Waals surface area contributed by atoms with E-state index in [2.05, 4.69) is 123 Å². The lowest BCUT2D eigenvalue weighted by atomic mass is 10.0. The van der Waals surface area contributed by atoms with Crippen LogP contribution in [-0.2, 0) is 0 Å². The molecule has 10 rings (SSSR count). The number of hydrogen-bond acceptors (Lipinski definition) is 2. The standard InChI is InChI=1S/C47H29N5/c1-48-45-43(31-16-6-2-7-17-31)49-47(32-18-8-3-9-19-32)50-44(45)33-26-27-38-41(30-33)51(34-20-10-4-11-21-34)40-29-28-37-36-24-14-15-25-39(36)52(46(37)42(38)40)35-22-12-5-13-23-35/h2-30H. The molecule has 3 heterocycles. The highest BCUT2D eigenvalue weighted by Gasteiger charge is 2.23. The average molecular weight is 664 g/mol. The fourth-order valence-corrected chi connectivity index (χ4v) is 7.68. The summed E-state index contributed by atoms with van der Waals surface area (Å²) in [6, 6.07) is 60.7. The minimum absolute atomic E-state index is 0.430. The van der Waals surface area contributed by atoms with Crippen LogP contribution in [0.15, 0.2) is 176 Å². The van der Waals surface area contributed by atoms with Crippen molar-refractivity contribution in [3.63, 3.8) is 0 Å². The van der Waals surface area contributed by atoms with Gasteiger partial charge in [0.05, 0.1) is 40.0 Å². The Morgan fingerprint density at radius 1 is 0.423 bits per heavy atom. The third-order valence-electron chi connectivity index (χ3n) is 9.94. The molecule has 0 atom stereocenters. The van der Waals surface area contributed by atoms with Crippen molar-refractivity contribution in [1.82, 2.24) is 19.1 Å². The summed E-state index contributed by atoms with van der Waals surface area (Å²) in [6.07, 6.45) is 0. The van der Waals surface area contributed by atoms with Crippen molar-refractivity contribution in [1.29, 1.82) is 0 Å². The van der Waals surface area contributed by atoms with Crippen LogP contribution in [0.3, 0.4) is 0 Å². The van der Waals surface area contributed by atoms with Crippen molar-refractivity contribution in [3.8, 4) is 45.3 Å². The normalized spacial score (nSPS) is 11.4. The van der Waals surface area contributed by atoms with Gasteiger partial charge in [-0.05, 0) is 53.6 Å². The van der Waals surface area contributed by atoms with Crippen LogP contribution in [0.4, 0.5) is 5.69 Å². The molecule has 0 aliphatic heterocycles. The molecule has 3 aromatic heterocycles. The fraction of sp³-hybridized carbons (Fsp3) is 0. The number of benzene rings is 7. The zero-order valence-electron chi connectivity index (χ0n) is 28.0. The van der Waals surface area contributed by atoms with Crippen molar-refractivity contribution in [3.05, 3.63) is 187 Å². The zero-order valence-corrected chi connectivity index (χ0v) is 28.0. The third-order valence-corrected chi connectivity index (χ3v) is 9.94. The average Bonchev–Trinajstić information content (AvgIpc) is 3.74. The van der Waals surface area contributed by atoms with E-state index in [9.17, 15) is 0 Å². The Balaban J connectivity index is 1.33. The van der Waals surface area contributed by atoms with Crippen LogP contribution in [0.25, 0.3) is 93.7 Å². The second-order valence-corrected chi connectivity index (χ2v) is 12.9. The molecule has 0 saturated carbocycles. The molecule has 0 saturated heterocycles. The van der Waals surface area contributed by atoms with Gasteiger partial charge in [0.2, 0.25) is 5.69 Å². The van der Waals surface area contributed by atoms with Gasteiger partial charge in [0.25, 0.3) is 0 Å². The summed E-state index contributed by atoms with van der Waals surface area (Å²) in [5.74, 6) is 0.583. The van der Waals surface area contributed by atoms with Crippen molar-refractivity contribution in [2.24, 2.45) is 0 Å². The molecule has 0 radical (unpaired) electrons. The zero-order chi connectivity index (χ0) is 34.6. The van der Waals surface area contributed by atoms with E-state index in [1.807, 2.05) is 66.7 Å². The maximum atomic E-state index is 8.41. The van der Waals surface area contributed by atoms with E-state index in [4.69, 9.17) is 16.5 Å². The summed E-state index contributed by atoms with van der Waals surface area (Å²) < 4.78 is 4.74. The number of rotatable bonds is 5. The summed E-state index contributed by atoms with van der Waals surface area (Å²) in [5, 5.41) is 4.71. The quantitative estimate of drug-likeness (QED) is 0.172. The predicted molar refractivity (Wildman–Crippen MR) is 213 cm³/mol. The van der Waals surface area contributed by atoms with Crippen LogP contribution in [-0.4, -0.2) is 19.1 Å². The van der Waals surface area contributed by atoms with Crippen molar-refractivity contribution >= 4 is 49.3 Å². The molecule has 0 amide bonds. The van der Waals surface area contributed by atoms with E-state index in [1.165, 1.54) is 21.7 Å². The number of para-hydroxylation sites is 3. The minimum Gasteiger partial charge on any atom is -0.309 e. The topological polar surface area (TPSA) is 40.0 Å². The van der Waals surface area contributed by atoms with Gasteiger partial charge in [-0.25, -0.2) is 14.8 Å². The first-order valence-corrected chi connectivity index (χ1v) is 17.3. The van der Waals surface area contributed by atoms with Gasteiger partial charge in [0.15, 0.2) is 5.82 Å². The summed E-state index contributed by atoms with van der Waals surface area (Å²) in [7, 11) is 0. The van der Waals surface area contributed by atoms with Gasteiger partial charge in [-0.1, -0.05) is 133 Å². The van der Waals surface area contributed by atoms with E-state index in [-0.39, 0.29) is 0 Å². The predicted octanol–water partition coefficient (Wildman–Crippen LogP) is 12.2. The highest BCUT2D eigenvalue weighted by molar-refractivity contribution is 6.26. The monoisotopic (exact) mass is 663 g/mol. The number of fused-ring (bicyclic) bond motifs is 7. The first-order chi connectivity index (χ1) is 25.8. The van der Waals surface area contributed by atoms with Gasteiger partial charge in [0.1, 0.15) is 0 Å². The molecule has 0 N–H and O–H groups in total. The SMILES string of the molecule is [C-]#[N+]c1c(-c2ccccc2)nc(-c2ccccc2)nc1-c1ccc2c3c(ccc4c5ccccc5n(-c5ccccc5)c43)n(-c3ccccc3)c2c1. The van der Waals surface area contributed by atoms with Gasteiger partial charge < -0.3 is 9.13 Å². The molecule has 5 heteroatoms. The third kappa shape index (κ3) is 4.56. The number of nitrogens with zero attached hydrogens (tertiary/aromatic N) is 5. The summed E-state index contributed by atoms with van der Waals surface area (Å²) in [5.41, 5.74) is 10.9. The maximum absolute atomic E-state index is 8.41. The largest absolute Gasteiger partial charge is 0.309 e. The molecule has 0 unspecified atom stereocenters. The Bertz CT molecular complexity index is 2990. The molecule has 0 bridgehead atoms. The lowest BCUT2D eigenvalue weighted by Gasteiger charge is -2.13. The van der Waals surface area contributed by atoms with E-state index < -0.39 is 0 Å². The highest BCUT2D eigenvalue weighted by atomic mass is 15.0. The molecule has 7 aromatic carbocycles. The van der Waals surface area contributed by atoms with E-state index in [0.717, 1.165) is 50.0 Å². The highest BCUT2D eigenvalue weighted by Crippen LogP contribution is 2.44. The second kappa shape index (κ2) is 11.9. The van der Waals surface area contributed by atoms with E-state index >= 15 is 0 Å². The molecule has 242 valence electrons. The second-order valence-electron chi connectivity index (χ2n) is 12.9. The molecule has 0 aliphatic carbocycles. The molecule has 5 nitrogen and oxygen atoms in total. The van der Waals surface area contributed by atoms with Crippen LogP contribution in [0.2, 0.25) is 0 Å². The molecule has 0 aliphatic rings. The van der Waals surface area contributed by atoms with Gasteiger partial charge in [-0.15, -0.1) is 0 Å². The van der Waals surface area contributed by atoms with Crippen molar-refractivity contribution in [2.75, 3.05) is 0 Å². The van der Waals surface area contributed by atoms with Crippen LogP contribution >= 0.6 is 0 Å². The van der Waals surface area contributed by atoms with Crippen molar-refractivity contribution < 1.29 is 0 Å². The van der Waals surface area contributed by atoms with Crippen LogP contribution in [0, 0.1) is 6.57 Å². The van der Waals surface area contributed by atoms with Crippen LogP contribution < -0.4 is 0 Å². The lowest BCUT2D eigenvalue weighted by Crippen LogP contribution is -1.97. The van der Waals surface area contributed by atoms with Gasteiger partial charge in [-0.2, -0.15) is 0 Å². The Morgan fingerprint density at radius 3 is 1.65 bits per heavy atom. The Hall–Kier alpha value is -7.29. The van der Waals surface area contributed by atoms with Crippen molar-refractivity contribution in [2.45, 2.75) is 0 Å². The van der Waals surface area contributed by atoms with Crippen LogP contribution in [0.1, 0.15) is 0 Å². The molecular weight excluding hydrogens is 635 g/mol. The Morgan fingerprint density at radius 2 is 0.981 bits per heavy atom. The first-order valence-electron chi connectivity index (χ1n) is 17.3. The van der Waals surface area contributed by atoms with Gasteiger partial charge >= 0.3 is 0 Å². The fourth-order valence-electron chi connectivity index (χ4n) is 7.68. The maximum Gasteiger partial charge on any atom is 0.238 e. The molecule has 0 fully saturated rings. The van der Waals surface area contributed by atoms with E-state index in [0.29, 0.717) is 22.9 Å². The lowest BCUT2D eigenvalue weighted by molar-refractivity contribution is 1.17. The van der Waals surface area contributed by atoms with Gasteiger partial charge in [-0.3, -0.25) is 0 Å². The summed E-state index contributed by atoms with van der Waals surface area (Å²) in [6.45, 7) is 8.41.